The Morgan fingerprint density at radius 1 is 1.31 bits per heavy atom. The van der Waals surface area contributed by atoms with E-state index < -0.39 is 0 Å². The topological polar surface area (TPSA) is 94.3 Å². The lowest BCUT2D eigenvalue weighted by Gasteiger charge is -2.28. The maximum absolute atomic E-state index is 12.7. The highest BCUT2D eigenvalue weighted by atomic mass is 16.5. The van der Waals surface area contributed by atoms with Crippen LogP contribution in [0.25, 0.3) is 0 Å². The van der Waals surface area contributed by atoms with Gasteiger partial charge in [0.2, 0.25) is 11.8 Å². The second-order valence-electron chi connectivity index (χ2n) is 6.84. The van der Waals surface area contributed by atoms with Gasteiger partial charge in [0.25, 0.3) is 5.91 Å². The van der Waals surface area contributed by atoms with Crippen LogP contribution in [0, 0.1) is 0 Å². The summed E-state index contributed by atoms with van der Waals surface area (Å²) < 4.78 is 8.43. The summed E-state index contributed by atoms with van der Waals surface area (Å²) in [5, 5.41) is 11.4. The molecule has 4 rings (SSSR count). The number of carbonyl (C=O) groups excluding carboxylic acids is 2. The van der Waals surface area contributed by atoms with Crippen LogP contribution >= 0.6 is 0 Å². The highest BCUT2D eigenvalue weighted by Gasteiger charge is 2.48. The highest BCUT2D eigenvalue weighted by molar-refractivity contribution is 5.93. The maximum Gasteiger partial charge on any atom is 0.272 e. The Balaban J connectivity index is 1.60. The third-order valence-electron chi connectivity index (χ3n) is 5.06. The summed E-state index contributed by atoms with van der Waals surface area (Å²) in [6, 6.07) is 3.22. The average Bonchev–Trinajstić information content (AvgIpc) is 3.11. The molecule has 0 spiro atoms. The molecule has 9 nitrogen and oxygen atoms in total. The fraction of sp³-hybridized carbons (Fsp3) is 0.529. The number of nitrogens with zero attached hydrogens (tertiary/aromatic N) is 5. The number of nitrogens with one attached hydrogen (secondary N) is 1. The molecule has 2 aliphatic rings. The molecule has 2 aromatic heterocycles. The second kappa shape index (κ2) is 6.15. The van der Waals surface area contributed by atoms with Crippen LogP contribution in [0.3, 0.4) is 0 Å². The Labute approximate surface area is 150 Å². The van der Waals surface area contributed by atoms with E-state index in [-0.39, 0.29) is 42.1 Å². The van der Waals surface area contributed by atoms with Crippen molar-refractivity contribution in [3.05, 3.63) is 29.7 Å². The molecule has 1 saturated heterocycles. The fourth-order valence-electron chi connectivity index (χ4n) is 3.68. The molecule has 138 valence electrons. The third-order valence-corrected chi connectivity index (χ3v) is 5.06. The minimum Gasteiger partial charge on any atom is -0.481 e. The largest absolute Gasteiger partial charge is 0.481 e. The summed E-state index contributed by atoms with van der Waals surface area (Å²) in [5.74, 6) is 0.259. The molecule has 1 N–H and O–H groups in total. The summed E-state index contributed by atoms with van der Waals surface area (Å²) in [6.07, 6.45) is 4.02. The molecule has 2 aromatic rings. The van der Waals surface area contributed by atoms with Gasteiger partial charge in [-0.15, -0.1) is 0 Å². The number of ether oxygens (including phenoxy) is 1. The molecule has 1 saturated carbocycles. The average molecular weight is 358 g/mol. The van der Waals surface area contributed by atoms with Crippen molar-refractivity contribution < 1.29 is 14.3 Å². The van der Waals surface area contributed by atoms with Crippen molar-refractivity contribution in [1.82, 2.24) is 29.8 Å². The van der Waals surface area contributed by atoms with Crippen molar-refractivity contribution in [3.63, 3.8) is 0 Å². The number of rotatable bonds is 5. The summed E-state index contributed by atoms with van der Waals surface area (Å²) >= 11 is 0. The number of likely N-dealkylation sites (tertiary alicyclic amines) is 1. The summed E-state index contributed by atoms with van der Waals surface area (Å²) in [7, 11) is 5.09. The highest BCUT2D eigenvalue weighted by Crippen LogP contribution is 2.41. The van der Waals surface area contributed by atoms with Gasteiger partial charge < -0.3 is 15.0 Å². The molecule has 0 unspecified atom stereocenters. The van der Waals surface area contributed by atoms with Crippen LogP contribution in [-0.4, -0.2) is 55.5 Å². The minimum absolute atomic E-state index is 0.0719. The van der Waals surface area contributed by atoms with E-state index in [9.17, 15) is 9.59 Å². The standard InChI is InChI=1S/C17H22N6O3/c1-21-13(6-7-18-21)16-11(8-14(24)23(16)10-4-5-10)19-17(25)12-9-15(26-3)22(2)20-12/h6-7,9-11,16H,4-5,8H2,1-3H3,(H,19,25)/t11-,16-/m1/s1. The van der Waals surface area contributed by atoms with E-state index in [1.54, 1.807) is 24.0 Å². The monoisotopic (exact) mass is 358 g/mol. The van der Waals surface area contributed by atoms with Crippen LogP contribution in [0.1, 0.15) is 41.5 Å². The van der Waals surface area contributed by atoms with Crippen LogP contribution in [0.15, 0.2) is 18.3 Å². The van der Waals surface area contributed by atoms with Gasteiger partial charge in [0, 0.05) is 38.8 Å². The van der Waals surface area contributed by atoms with Gasteiger partial charge in [-0.1, -0.05) is 0 Å². The molecule has 3 heterocycles. The van der Waals surface area contributed by atoms with Crippen molar-refractivity contribution in [1.29, 1.82) is 0 Å². The van der Waals surface area contributed by atoms with E-state index >= 15 is 0 Å². The summed E-state index contributed by atoms with van der Waals surface area (Å²) in [6.45, 7) is 0. The Kier molecular flexibility index (Phi) is 3.93. The van der Waals surface area contributed by atoms with Gasteiger partial charge in [0.1, 0.15) is 0 Å². The quantitative estimate of drug-likeness (QED) is 0.835. The number of hydrogen-bond donors (Lipinski definition) is 1. The van der Waals surface area contributed by atoms with Crippen molar-refractivity contribution >= 4 is 11.8 Å². The van der Waals surface area contributed by atoms with Crippen LogP contribution in [0.2, 0.25) is 0 Å². The number of amides is 2. The van der Waals surface area contributed by atoms with Gasteiger partial charge in [0.05, 0.1) is 24.9 Å². The lowest BCUT2D eigenvalue weighted by molar-refractivity contribution is -0.129. The molecule has 0 aromatic carbocycles. The van der Waals surface area contributed by atoms with Crippen molar-refractivity contribution in [2.75, 3.05) is 7.11 Å². The molecule has 2 atom stereocenters. The molecule has 1 aliphatic heterocycles. The van der Waals surface area contributed by atoms with Crippen LogP contribution in [0.5, 0.6) is 5.88 Å². The second-order valence-corrected chi connectivity index (χ2v) is 6.84. The van der Waals surface area contributed by atoms with Gasteiger partial charge in [-0.05, 0) is 18.9 Å². The van der Waals surface area contributed by atoms with Gasteiger partial charge >= 0.3 is 0 Å². The molecule has 9 heteroatoms. The van der Waals surface area contributed by atoms with E-state index in [0.29, 0.717) is 5.88 Å². The lowest BCUT2D eigenvalue weighted by atomic mass is 10.1. The zero-order valence-electron chi connectivity index (χ0n) is 15.0. The molecule has 2 fully saturated rings. The predicted molar refractivity (Wildman–Crippen MR) is 91.4 cm³/mol. The molecule has 26 heavy (non-hydrogen) atoms. The van der Waals surface area contributed by atoms with E-state index in [0.717, 1.165) is 18.5 Å². The van der Waals surface area contributed by atoms with Crippen LogP contribution in [-0.2, 0) is 18.9 Å². The Hall–Kier alpha value is -2.84. The predicted octanol–water partition coefficient (Wildman–Crippen LogP) is 0.397. The summed E-state index contributed by atoms with van der Waals surface area (Å²) in [4.78, 5) is 27.2. The molecule has 1 aliphatic carbocycles. The maximum atomic E-state index is 12.7. The number of carbonyl (C=O) groups is 2. The zero-order valence-corrected chi connectivity index (χ0v) is 15.0. The molecular formula is C17H22N6O3. The van der Waals surface area contributed by atoms with Gasteiger partial charge in [-0.2, -0.15) is 10.2 Å². The lowest BCUT2D eigenvalue weighted by Crippen LogP contribution is -2.41. The number of aryl methyl sites for hydroxylation is 2. The smallest absolute Gasteiger partial charge is 0.272 e. The first-order valence-electron chi connectivity index (χ1n) is 8.67. The van der Waals surface area contributed by atoms with Crippen molar-refractivity contribution in [2.24, 2.45) is 14.1 Å². The SMILES string of the molecule is COc1cc(C(=O)N[C@@H]2CC(=O)N(C3CC3)[C@H]2c2ccnn2C)nn1C. The third kappa shape index (κ3) is 2.73. The van der Waals surface area contributed by atoms with Crippen LogP contribution in [0.4, 0.5) is 0 Å². The van der Waals surface area contributed by atoms with Crippen molar-refractivity contribution in [3.8, 4) is 5.88 Å². The molecule has 0 bridgehead atoms. The number of hydrogen-bond acceptors (Lipinski definition) is 5. The zero-order chi connectivity index (χ0) is 18.4. The Bertz CT molecular complexity index is 853. The van der Waals surface area contributed by atoms with E-state index in [1.807, 2.05) is 18.0 Å². The van der Waals surface area contributed by atoms with Gasteiger partial charge in [-0.3, -0.25) is 14.3 Å². The van der Waals surface area contributed by atoms with Crippen LogP contribution < -0.4 is 10.1 Å². The first kappa shape index (κ1) is 16.6. The Morgan fingerprint density at radius 3 is 2.65 bits per heavy atom. The first-order chi connectivity index (χ1) is 12.5. The Morgan fingerprint density at radius 2 is 2.08 bits per heavy atom. The van der Waals surface area contributed by atoms with Gasteiger partial charge in [0.15, 0.2) is 5.69 Å². The van der Waals surface area contributed by atoms with E-state index in [1.165, 1.54) is 11.8 Å². The van der Waals surface area contributed by atoms with Gasteiger partial charge in [-0.25, -0.2) is 4.68 Å². The first-order valence-corrected chi connectivity index (χ1v) is 8.67. The van der Waals surface area contributed by atoms with E-state index in [4.69, 9.17) is 4.74 Å². The molecule has 2 amide bonds. The van der Waals surface area contributed by atoms with Crippen molar-refractivity contribution in [2.45, 2.75) is 37.4 Å². The normalized spacial score (nSPS) is 22.7. The molecule has 0 radical (unpaired) electrons. The molecular weight excluding hydrogens is 336 g/mol. The number of methoxy groups -OCH3 is 1. The fourth-order valence-corrected chi connectivity index (χ4v) is 3.68. The summed E-state index contributed by atoms with van der Waals surface area (Å²) in [5.41, 5.74) is 1.19. The van der Waals surface area contributed by atoms with E-state index in [2.05, 4.69) is 15.5 Å². The minimum atomic E-state index is -0.320. The number of aromatic nitrogens is 4.